The first-order valence-corrected chi connectivity index (χ1v) is 9.67. The first kappa shape index (κ1) is 17.9. The minimum absolute atomic E-state index is 0.0314. The quantitative estimate of drug-likeness (QED) is 0.693. The lowest BCUT2D eigenvalue weighted by Crippen LogP contribution is -2.52. The van der Waals surface area contributed by atoms with Crippen LogP contribution in [0.3, 0.4) is 0 Å². The third kappa shape index (κ3) is 2.47. The number of carbonyl (C=O) groups excluding carboxylic acids is 2. The third-order valence-corrected chi connectivity index (χ3v) is 7.16. The summed E-state index contributed by atoms with van der Waals surface area (Å²) in [6.07, 6.45) is 5.56. The molecule has 2 aromatic carbocycles. The summed E-state index contributed by atoms with van der Waals surface area (Å²) >= 11 is 3.67. The molecular formula is C23H19BrO3. The van der Waals surface area contributed by atoms with Gasteiger partial charge < -0.3 is 5.11 Å². The fourth-order valence-electron chi connectivity index (χ4n) is 4.36. The highest BCUT2D eigenvalue weighted by atomic mass is 79.9. The molecule has 0 radical (unpaired) electrons. The number of Topliss-reactive ketones (excluding diaryl/α,β-unsaturated/α-hetero) is 1. The zero-order valence-electron chi connectivity index (χ0n) is 14.9. The molecule has 2 aromatic rings. The number of ketones is 2. The molecule has 4 heteroatoms. The molecule has 0 heterocycles. The van der Waals surface area contributed by atoms with E-state index in [0.29, 0.717) is 17.6 Å². The van der Waals surface area contributed by atoms with Gasteiger partial charge in [-0.15, -0.1) is 0 Å². The van der Waals surface area contributed by atoms with Crippen molar-refractivity contribution < 1.29 is 14.7 Å². The highest BCUT2D eigenvalue weighted by Crippen LogP contribution is 2.55. The molecule has 0 amide bonds. The second-order valence-electron chi connectivity index (χ2n) is 7.18. The van der Waals surface area contributed by atoms with Crippen LogP contribution in [0.25, 0.3) is 10.8 Å². The number of halogens is 1. The maximum atomic E-state index is 13.1. The van der Waals surface area contributed by atoms with Crippen molar-refractivity contribution in [3.8, 4) is 5.75 Å². The molecule has 2 aliphatic rings. The van der Waals surface area contributed by atoms with Gasteiger partial charge in [-0.05, 0) is 36.0 Å². The van der Waals surface area contributed by atoms with E-state index in [2.05, 4.69) is 22.5 Å². The number of rotatable bonds is 2. The Morgan fingerprint density at radius 2 is 1.96 bits per heavy atom. The molecule has 0 aromatic heterocycles. The number of phenolic OH excluding ortho intramolecular Hbond substituents is 1. The predicted molar refractivity (Wildman–Crippen MR) is 110 cm³/mol. The number of allylic oxidation sites excluding steroid dienone is 5. The maximum absolute atomic E-state index is 13.1. The van der Waals surface area contributed by atoms with Crippen molar-refractivity contribution in [3.63, 3.8) is 0 Å². The van der Waals surface area contributed by atoms with Crippen LogP contribution in [-0.2, 0) is 9.59 Å². The molecule has 0 bridgehead atoms. The number of alkyl halides is 1. The van der Waals surface area contributed by atoms with Crippen LogP contribution in [0.1, 0.15) is 24.8 Å². The van der Waals surface area contributed by atoms with Crippen LogP contribution in [0, 0.1) is 5.92 Å². The molecule has 0 spiro atoms. The van der Waals surface area contributed by atoms with Crippen LogP contribution in [0.15, 0.2) is 72.4 Å². The standard InChI is InChI=1S/C23H19BrO3/c1-3-14-9-11-18-21(26)13(2)12-19(25)23(18,24)20(14)17-10-8-15-6-4-5-7-16(15)22(17)27/h3-10,12,18,20,27H,1,11H2,2H3. The van der Waals surface area contributed by atoms with Gasteiger partial charge in [-0.1, -0.05) is 71.1 Å². The van der Waals surface area contributed by atoms with E-state index in [0.717, 1.165) is 16.3 Å². The van der Waals surface area contributed by atoms with E-state index in [1.165, 1.54) is 6.08 Å². The highest BCUT2D eigenvalue weighted by Gasteiger charge is 2.56. The van der Waals surface area contributed by atoms with Crippen LogP contribution < -0.4 is 0 Å². The summed E-state index contributed by atoms with van der Waals surface area (Å²) < 4.78 is -1.12. The molecule has 4 rings (SSSR count). The Hall–Kier alpha value is -2.46. The average Bonchev–Trinajstić information content (AvgIpc) is 2.67. The fourth-order valence-corrected chi connectivity index (χ4v) is 5.38. The van der Waals surface area contributed by atoms with Crippen molar-refractivity contribution in [2.45, 2.75) is 23.6 Å². The lowest BCUT2D eigenvalue weighted by atomic mass is 9.62. The summed E-state index contributed by atoms with van der Waals surface area (Å²) in [7, 11) is 0. The van der Waals surface area contributed by atoms with Gasteiger partial charge in [0.15, 0.2) is 11.6 Å². The highest BCUT2D eigenvalue weighted by molar-refractivity contribution is 9.10. The topological polar surface area (TPSA) is 54.4 Å². The molecule has 1 N–H and O–H groups in total. The molecule has 0 saturated heterocycles. The van der Waals surface area contributed by atoms with E-state index >= 15 is 0 Å². The molecule has 0 fully saturated rings. The molecule has 136 valence electrons. The number of phenols is 1. The molecule has 3 nitrogen and oxygen atoms in total. The molecule has 0 saturated carbocycles. The molecule has 27 heavy (non-hydrogen) atoms. The number of carbonyl (C=O) groups is 2. The fraction of sp³-hybridized carbons (Fsp3) is 0.217. The Kier molecular flexibility index (Phi) is 4.19. The van der Waals surface area contributed by atoms with Gasteiger partial charge in [-0.25, -0.2) is 0 Å². The van der Waals surface area contributed by atoms with Crippen LogP contribution in [-0.4, -0.2) is 21.0 Å². The summed E-state index contributed by atoms with van der Waals surface area (Å²) in [5, 5.41) is 12.7. The minimum Gasteiger partial charge on any atom is -0.507 e. The Labute approximate surface area is 166 Å². The Morgan fingerprint density at radius 3 is 2.70 bits per heavy atom. The average molecular weight is 423 g/mol. The summed E-state index contributed by atoms with van der Waals surface area (Å²) in [6, 6.07) is 11.3. The molecule has 3 atom stereocenters. The van der Waals surface area contributed by atoms with E-state index in [4.69, 9.17) is 0 Å². The molecule has 3 unspecified atom stereocenters. The molecule has 0 aliphatic heterocycles. The SMILES string of the molecule is C=CC1=CCC2C(=O)C(C)=CC(=O)C2(Br)C1c1ccc2ccccc2c1O. The summed E-state index contributed by atoms with van der Waals surface area (Å²) in [6.45, 7) is 5.58. The first-order valence-electron chi connectivity index (χ1n) is 8.88. The van der Waals surface area contributed by atoms with Crippen LogP contribution in [0.4, 0.5) is 0 Å². The zero-order chi connectivity index (χ0) is 19.3. The monoisotopic (exact) mass is 422 g/mol. The lowest BCUT2D eigenvalue weighted by Gasteiger charge is -2.45. The zero-order valence-corrected chi connectivity index (χ0v) is 16.5. The molecule has 2 aliphatic carbocycles. The third-order valence-electron chi connectivity index (χ3n) is 5.76. The number of fused-ring (bicyclic) bond motifs is 2. The summed E-state index contributed by atoms with van der Waals surface area (Å²) in [5.41, 5.74) is 1.94. The molecular weight excluding hydrogens is 404 g/mol. The number of hydrogen-bond donors (Lipinski definition) is 1. The van der Waals surface area contributed by atoms with E-state index < -0.39 is 16.2 Å². The van der Waals surface area contributed by atoms with Gasteiger partial charge in [0.1, 0.15) is 10.1 Å². The van der Waals surface area contributed by atoms with Crippen molar-refractivity contribution in [3.05, 3.63) is 77.9 Å². The van der Waals surface area contributed by atoms with Gasteiger partial charge in [0, 0.05) is 22.8 Å². The number of benzene rings is 2. The van der Waals surface area contributed by atoms with Crippen molar-refractivity contribution >= 4 is 38.3 Å². The van der Waals surface area contributed by atoms with Gasteiger partial charge >= 0.3 is 0 Å². The van der Waals surface area contributed by atoms with E-state index in [1.54, 1.807) is 13.0 Å². The van der Waals surface area contributed by atoms with Gasteiger partial charge in [-0.2, -0.15) is 0 Å². The summed E-state index contributed by atoms with van der Waals surface area (Å²) in [5.74, 6) is -1.05. The van der Waals surface area contributed by atoms with Gasteiger partial charge in [0.2, 0.25) is 0 Å². The number of hydrogen-bond acceptors (Lipinski definition) is 3. The minimum atomic E-state index is -1.12. The Balaban J connectivity index is 1.99. The maximum Gasteiger partial charge on any atom is 0.174 e. The van der Waals surface area contributed by atoms with Gasteiger partial charge in [0.05, 0.1) is 0 Å². The van der Waals surface area contributed by atoms with Crippen LogP contribution in [0.5, 0.6) is 5.75 Å². The van der Waals surface area contributed by atoms with E-state index in [-0.39, 0.29) is 17.3 Å². The van der Waals surface area contributed by atoms with E-state index in [1.807, 2.05) is 42.5 Å². The lowest BCUT2D eigenvalue weighted by molar-refractivity contribution is -0.128. The number of aromatic hydroxyl groups is 1. The predicted octanol–water partition coefficient (Wildman–Crippen LogP) is 4.99. The van der Waals surface area contributed by atoms with Crippen molar-refractivity contribution in [2.75, 3.05) is 0 Å². The summed E-state index contributed by atoms with van der Waals surface area (Å²) in [4.78, 5) is 25.9. The Bertz CT molecular complexity index is 1060. The van der Waals surface area contributed by atoms with E-state index in [9.17, 15) is 14.7 Å². The Morgan fingerprint density at radius 1 is 1.22 bits per heavy atom. The van der Waals surface area contributed by atoms with Crippen molar-refractivity contribution in [1.29, 1.82) is 0 Å². The largest absolute Gasteiger partial charge is 0.507 e. The normalized spacial score (nSPS) is 27.8. The van der Waals surface area contributed by atoms with Crippen molar-refractivity contribution in [1.82, 2.24) is 0 Å². The van der Waals surface area contributed by atoms with Crippen LogP contribution >= 0.6 is 15.9 Å². The smallest absolute Gasteiger partial charge is 0.174 e. The second kappa shape index (κ2) is 6.31. The van der Waals surface area contributed by atoms with Gasteiger partial charge in [0.25, 0.3) is 0 Å². The van der Waals surface area contributed by atoms with Crippen molar-refractivity contribution in [2.24, 2.45) is 5.92 Å². The second-order valence-corrected chi connectivity index (χ2v) is 8.49. The van der Waals surface area contributed by atoms with Gasteiger partial charge in [-0.3, -0.25) is 9.59 Å². The first-order chi connectivity index (χ1) is 12.9. The van der Waals surface area contributed by atoms with Crippen LogP contribution in [0.2, 0.25) is 0 Å².